The molecule has 1 rings (SSSR count). The lowest BCUT2D eigenvalue weighted by molar-refractivity contribution is 0.157. The van der Waals surface area contributed by atoms with Crippen LogP contribution in [0.1, 0.15) is 12.6 Å². The molecule has 1 N–H and O–H groups in total. The van der Waals surface area contributed by atoms with Crippen LogP contribution in [0.4, 0.5) is 0 Å². The summed E-state index contributed by atoms with van der Waals surface area (Å²) in [5, 5.41) is 3.13. The summed E-state index contributed by atoms with van der Waals surface area (Å²) in [6.07, 6.45) is 0. The van der Waals surface area contributed by atoms with E-state index in [0.29, 0.717) is 32.0 Å². The Balaban J connectivity index is 2.49. The lowest BCUT2D eigenvalue weighted by Crippen LogP contribution is -2.39. The van der Waals surface area contributed by atoms with Crippen LogP contribution in [0.15, 0.2) is 27.8 Å². The highest BCUT2D eigenvalue weighted by Gasteiger charge is 2.04. The molecular formula is C13H21N3O3. The van der Waals surface area contributed by atoms with E-state index in [-0.39, 0.29) is 11.2 Å². The highest BCUT2D eigenvalue weighted by molar-refractivity contribution is 5.01. The number of rotatable bonds is 7. The Hall–Kier alpha value is -1.66. The minimum absolute atomic E-state index is 0.293. The highest BCUT2D eigenvalue weighted by atomic mass is 16.5. The second kappa shape index (κ2) is 7.06. The molecule has 0 radical (unpaired) electrons. The molecule has 0 unspecified atom stereocenters. The van der Waals surface area contributed by atoms with Crippen LogP contribution in [0.2, 0.25) is 0 Å². The van der Waals surface area contributed by atoms with Gasteiger partial charge in [-0.3, -0.25) is 13.9 Å². The summed E-state index contributed by atoms with van der Waals surface area (Å²) < 4.78 is 7.88. The van der Waals surface area contributed by atoms with E-state index in [9.17, 15) is 9.59 Å². The molecule has 0 bridgehead atoms. The Labute approximate surface area is 112 Å². The maximum Gasteiger partial charge on any atom is 0.330 e. The van der Waals surface area contributed by atoms with Crippen molar-refractivity contribution in [3.63, 3.8) is 0 Å². The van der Waals surface area contributed by atoms with Crippen molar-refractivity contribution >= 4 is 0 Å². The minimum atomic E-state index is -0.317. The average molecular weight is 267 g/mol. The Morgan fingerprint density at radius 1 is 1.37 bits per heavy atom. The predicted molar refractivity (Wildman–Crippen MR) is 74.3 cm³/mol. The fourth-order valence-electron chi connectivity index (χ4n) is 1.56. The van der Waals surface area contributed by atoms with Gasteiger partial charge in [-0.25, -0.2) is 4.79 Å². The summed E-state index contributed by atoms with van der Waals surface area (Å²) in [6.45, 7) is 7.86. The summed E-state index contributed by atoms with van der Waals surface area (Å²) in [4.78, 5) is 23.2. The summed E-state index contributed by atoms with van der Waals surface area (Å²) in [5.41, 5.74) is 1.03. The van der Waals surface area contributed by atoms with Gasteiger partial charge >= 0.3 is 5.69 Å². The lowest BCUT2D eigenvalue weighted by Gasteiger charge is -2.10. The molecule has 0 fully saturated rings. The van der Waals surface area contributed by atoms with E-state index in [1.807, 2.05) is 6.92 Å². The van der Waals surface area contributed by atoms with E-state index in [0.717, 1.165) is 10.1 Å². The average Bonchev–Trinajstić information content (AvgIpc) is 2.36. The van der Waals surface area contributed by atoms with Crippen molar-refractivity contribution in [2.45, 2.75) is 13.5 Å². The van der Waals surface area contributed by atoms with Crippen LogP contribution in [0.3, 0.4) is 0 Å². The molecule has 0 amide bonds. The minimum Gasteiger partial charge on any atom is -0.376 e. The van der Waals surface area contributed by atoms with Crippen molar-refractivity contribution in [2.75, 3.05) is 19.8 Å². The summed E-state index contributed by atoms with van der Waals surface area (Å²) in [7, 11) is 3.11. The molecule has 1 heterocycles. The fourth-order valence-corrected chi connectivity index (χ4v) is 1.56. The molecule has 6 heteroatoms. The van der Waals surface area contributed by atoms with Gasteiger partial charge in [-0.15, -0.1) is 0 Å². The van der Waals surface area contributed by atoms with Crippen LogP contribution < -0.4 is 16.6 Å². The predicted octanol–water partition coefficient (Wildman–Crippen LogP) is -0.234. The summed E-state index contributed by atoms with van der Waals surface area (Å²) in [6, 6.07) is 1.46. The summed E-state index contributed by atoms with van der Waals surface area (Å²) in [5.74, 6) is 0. The van der Waals surface area contributed by atoms with Crippen LogP contribution in [0.25, 0.3) is 0 Å². The van der Waals surface area contributed by atoms with E-state index in [1.165, 1.54) is 17.7 Å². The van der Waals surface area contributed by atoms with Crippen molar-refractivity contribution < 1.29 is 4.74 Å². The molecule has 0 aliphatic rings. The van der Waals surface area contributed by atoms with Gasteiger partial charge in [0, 0.05) is 38.9 Å². The third kappa shape index (κ3) is 4.50. The van der Waals surface area contributed by atoms with Gasteiger partial charge in [-0.05, 0) is 6.92 Å². The smallest absolute Gasteiger partial charge is 0.330 e. The molecule has 1 aromatic heterocycles. The number of aromatic nitrogens is 2. The number of nitrogens with zero attached hydrogens (tertiary/aromatic N) is 2. The zero-order chi connectivity index (χ0) is 14.4. The maximum absolute atomic E-state index is 11.7. The molecule has 106 valence electrons. The largest absolute Gasteiger partial charge is 0.376 e. The van der Waals surface area contributed by atoms with E-state index in [4.69, 9.17) is 4.74 Å². The number of ether oxygens (including phenoxy) is 1. The second-order valence-electron chi connectivity index (χ2n) is 4.56. The first-order valence-electron chi connectivity index (χ1n) is 6.12. The van der Waals surface area contributed by atoms with Crippen molar-refractivity contribution in [3.8, 4) is 0 Å². The lowest BCUT2D eigenvalue weighted by atomic mass is 10.3. The van der Waals surface area contributed by atoms with E-state index < -0.39 is 0 Å². The van der Waals surface area contributed by atoms with Gasteiger partial charge in [-0.2, -0.15) is 0 Å². The Bertz CT molecular complexity index is 557. The zero-order valence-corrected chi connectivity index (χ0v) is 11.7. The van der Waals surface area contributed by atoms with E-state index >= 15 is 0 Å². The van der Waals surface area contributed by atoms with Crippen molar-refractivity contribution in [1.29, 1.82) is 0 Å². The van der Waals surface area contributed by atoms with Gasteiger partial charge < -0.3 is 10.1 Å². The molecule has 6 nitrogen and oxygen atoms in total. The molecule has 0 saturated carbocycles. The highest BCUT2D eigenvalue weighted by Crippen LogP contribution is 1.90. The SMILES string of the molecule is C=C(C)COCCNCc1cc(=O)n(C)c(=O)n1C. The first kappa shape index (κ1) is 15.4. The van der Waals surface area contributed by atoms with Crippen molar-refractivity contribution in [1.82, 2.24) is 14.5 Å². The third-order valence-corrected chi connectivity index (χ3v) is 2.70. The van der Waals surface area contributed by atoms with Crippen LogP contribution in [-0.4, -0.2) is 28.9 Å². The molecule has 0 aliphatic heterocycles. The van der Waals surface area contributed by atoms with E-state index in [1.54, 1.807) is 7.05 Å². The summed E-state index contributed by atoms with van der Waals surface area (Å²) >= 11 is 0. The van der Waals surface area contributed by atoms with Crippen molar-refractivity contribution in [3.05, 3.63) is 44.8 Å². The molecule has 0 aliphatic carbocycles. The van der Waals surface area contributed by atoms with Gasteiger partial charge in [0.05, 0.1) is 13.2 Å². The quantitative estimate of drug-likeness (QED) is 0.547. The van der Waals surface area contributed by atoms with Gasteiger partial charge in [0.2, 0.25) is 0 Å². The molecule has 0 atom stereocenters. The normalized spacial score (nSPS) is 10.7. The Morgan fingerprint density at radius 3 is 2.68 bits per heavy atom. The number of hydrogen-bond donors (Lipinski definition) is 1. The molecule has 0 aromatic carbocycles. The topological polar surface area (TPSA) is 65.3 Å². The number of nitrogens with one attached hydrogen (secondary N) is 1. The van der Waals surface area contributed by atoms with Gasteiger partial charge in [0.25, 0.3) is 5.56 Å². The fraction of sp³-hybridized carbons (Fsp3) is 0.538. The second-order valence-corrected chi connectivity index (χ2v) is 4.56. The van der Waals surface area contributed by atoms with Gasteiger partial charge in [0.15, 0.2) is 0 Å². The van der Waals surface area contributed by atoms with E-state index in [2.05, 4.69) is 11.9 Å². The van der Waals surface area contributed by atoms with Crippen LogP contribution in [-0.2, 0) is 25.4 Å². The molecular weight excluding hydrogens is 246 g/mol. The van der Waals surface area contributed by atoms with Crippen LogP contribution in [0.5, 0.6) is 0 Å². The molecule has 0 saturated heterocycles. The molecule has 0 spiro atoms. The van der Waals surface area contributed by atoms with Crippen LogP contribution >= 0.6 is 0 Å². The zero-order valence-electron chi connectivity index (χ0n) is 11.7. The number of hydrogen-bond acceptors (Lipinski definition) is 4. The van der Waals surface area contributed by atoms with Crippen molar-refractivity contribution in [2.24, 2.45) is 14.1 Å². The Morgan fingerprint density at radius 2 is 2.05 bits per heavy atom. The molecule has 1 aromatic rings. The standard InChI is InChI=1S/C13H21N3O3/c1-10(2)9-19-6-5-14-8-11-7-12(17)16(4)13(18)15(11)3/h7,14H,1,5-6,8-9H2,2-4H3. The first-order valence-corrected chi connectivity index (χ1v) is 6.12. The first-order chi connectivity index (χ1) is 8.93. The van der Waals surface area contributed by atoms with Crippen LogP contribution in [0, 0.1) is 0 Å². The third-order valence-electron chi connectivity index (χ3n) is 2.70. The van der Waals surface area contributed by atoms with Gasteiger partial charge in [-0.1, -0.05) is 12.2 Å². The molecule has 19 heavy (non-hydrogen) atoms. The maximum atomic E-state index is 11.7. The monoisotopic (exact) mass is 267 g/mol. The Kier molecular flexibility index (Phi) is 5.72. The van der Waals surface area contributed by atoms with Gasteiger partial charge in [0.1, 0.15) is 0 Å².